The minimum Gasteiger partial charge on any atom is -0.368 e. The van der Waals surface area contributed by atoms with E-state index in [0.717, 1.165) is 12.8 Å². The smallest absolute Gasteiger partial charge is 0.154 e. The molecule has 1 atom stereocenters. The molecule has 0 amide bonds. The highest BCUT2D eigenvalue weighted by Gasteiger charge is 2.25. The van der Waals surface area contributed by atoms with Gasteiger partial charge >= 0.3 is 0 Å². The number of hydrogen-bond donors (Lipinski definition) is 1. The molecule has 1 aliphatic heterocycles. The van der Waals surface area contributed by atoms with Gasteiger partial charge in [-0.25, -0.2) is 0 Å². The van der Waals surface area contributed by atoms with Gasteiger partial charge in [-0.05, 0) is 18.3 Å². The van der Waals surface area contributed by atoms with Crippen LogP contribution in [-0.2, 0) is 4.74 Å². The van der Waals surface area contributed by atoms with Crippen molar-refractivity contribution in [1.82, 2.24) is 0 Å². The predicted molar refractivity (Wildman–Crippen MR) is 35.0 cm³/mol. The average Bonchev–Trinajstić information content (AvgIpc) is 1.78. The van der Waals surface area contributed by atoms with E-state index in [2.05, 4.69) is 13.8 Å². The first-order valence-corrected chi connectivity index (χ1v) is 3.40. The Labute approximate surface area is 55.8 Å². The summed E-state index contributed by atoms with van der Waals surface area (Å²) in [5, 5.41) is 8.92. The Morgan fingerprint density at radius 1 is 1.56 bits per heavy atom. The fraction of sp³-hybridized carbons (Fsp3) is 1.00. The van der Waals surface area contributed by atoms with Crippen LogP contribution in [0.4, 0.5) is 0 Å². The zero-order valence-corrected chi connectivity index (χ0v) is 6.05. The van der Waals surface area contributed by atoms with Gasteiger partial charge in [0, 0.05) is 0 Å². The molecular weight excluding hydrogens is 116 g/mol. The number of rotatable bonds is 0. The molecule has 2 heteroatoms. The summed E-state index contributed by atoms with van der Waals surface area (Å²) >= 11 is 0. The quantitative estimate of drug-likeness (QED) is 0.533. The van der Waals surface area contributed by atoms with Crippen molar-refractivity contribution in [3.8, 4) is 0 Å². The summed E-state index contributed by atoms with van der Waals surface area (Å²) in [5.41, 5.74) is 0.277. The second-order valence-corrected chi connectivity index (χ2v) is 3.47. The van der Waals surface area contributed by atoms with Crippen molar-refractivity contribution in [2.45, 2.75) is 33.0 Å². The van der Waals surface area contributed by atoms with E-state index in [9.17, 15) is 0 Å². The van der Waals surface area contributed by atoms with E-state index in [1.165, 1.54) is 0 Å². The summed E-state index contributed by atoms with van der Waals surface area (Å²) in [7, 11) is 0. The largest absolute Gasteiger partial charge is 0.368 e. The molecule has 0 radical (unpaired) electrons. The lowest BCUT2D eigenvalue weighted by molar-refractivity contribution is -0.157. The molecule has 1 rings (SSSR count). The lowest BCUT2D eigenvalue weighted by atomic mass is 9.87. The van der Waals surface area contributed by atoms with Gasteiger partial charge in [0.15, 0.2) is 6.29 Å². The van der Waals surface area contributed by atoms with Crippen LogP contribution in [0.15, 0.2) is 0 Å². The van der Waals surface area contributed by atoms with Gasteiger partial charge in [0.05, 0.1) is 6.61 Å². The molecule has 1 aliphatic rings. The molecule has 0 saturated carbocycles. The maximum Gasteiger partial charge on any atom is 0.154 e. The molecule has 2 nitrogen and oxygen atoms in total. The lowest BCUT2D eigenvalue weighted by Crippen LogP contribution is -2.31. The van der Waals surface area contributed by atoms with E-state index >= 15 is 0 Å². The molecule has 1 N–H and O–H groups in total. The first kappa shape index (κ1) is 7.03. The van der Waals surface area contributed by atoms with Gasteiger partial charge in [-0.1, -0.05) is 13.8 Å². The molecule has 1 saturated heterocycles. The Morgan fingerprint density at radius 3 is 2.56 bits per heavy atom. The van der Waals surface area contributed by atoms with Crippen molar-refractivity contribution in [3.05, 3.63) is 0 Å². The molecule has 9 heavy (non-hydrogen) atoms. The Balaban J connectivity index is 2.35. The summed E-state index contributed by atoms with van der Waals surface area (Å²) in [4.78, 5) is 0. The predicted octanol–water partition coefficient (Wildman–Crippen LogP) is 1.14. The third kappa shape index (κ3) is 1.95. The maximum atomic E-state index is 8.92. The first-order chi connectivity index (χ1) is 4.10. The molecular formula is C7H14O2. The van der Waals surface area contributed by atoms with Crippen molar-refractivity contribution >= 4 is 0 Å². The summed E-state index contributed by atoms with van der Waals surface area (Å²) in [6, 6.07) is 0. The van der Waals surface area contributed by atoms with Crippen LogP contribution < -0.4 is 0 Å². The van der Waals surface area contributed by atoms with E-state index in [-0.39, 0.29) is 5.41 Å². The Bertz CT molecular complexity index is 89.1. The van der Waals surface area contributed by atoms with Gasteiger partial charge in [-0.2, -0.15) is 0 Å². The fourth-order valence-corrected chi connectivity index (χ4v) is 0.992. The summed E-state index contributed by atoms with van der Waals surface area (Å²) in [6.07, 6.45) is 1.35. The molecule has 1 heterocycles. The molecule has 0 aliphatic carbocycles. The van der Waals surface area contributed by atoms with E-state index in [0.29, 0.717) is 6.61 Å². The van der Waals surface area contributed by atoms with Crippen LogP contribution in [0.2, 0.25) is 0 Å². The van der Waals surface area contributed by atoms with Gasteiger partial charge in [0.25, 0.3) is 0 Å². The zero-order valence-electron chi connectivity index (χ0n) is 6.05. The van der Waals surface area contributed by atoms with Crippen LogP contribution in [0.5, 0.6) is 0 Å². The minimum absolute atomic E-state index is 0.277. The standard InChI is InChI=1S/C7H14O2/c1-7(2)4-3-6(8)9-5-7/h6,8H,3-5H2,1-2H3/t6-/m0/s1. The first-order valence-electron chi connectivity index (χ1n) is 3.40. The molecule has 0 bridgehead atoms. The Hall–Kier alpha value is -0.0800. The topological polar surface area (TPSA) is 29.5 Å². The van der Waals surface area contributed by atoms with Crippen LogP contribution in [-0.4, -0.2) is 18.0 Å². The molecule has 1 fully saturated rings. The highest BCUT2D eigenvalue weighted by atomic mass is 16.6. The summed E-state index contributed by atoms with van der Waals surface area (Å²) in [5.74, 6) is 0. The number of aliphatic hydroxyl groups excluding tert-OH is 1. The van der Waals surface area contributed by atoms with Crippen molar-refractivity contribution in [2.75, 3.05) is 6.61 Å². The number of aliphatic hydroxyl groups is 1. The van der Waals surface area contributed by atoms with Crippen molar-refractivity contribution in [2.24, 2.45) is 5.41 Å². The lowest BCUT2D eigenvalue weighted by Gasteiger charge is -2.31. The summed E-state index contributed by atoms with van der Waals surface area (Å²) < 4.78 is 5.05. The SMILES string of the molecule is CC1(C)CC[C@@H](O)OC1. The Kier molecular flexibility index (Phi) is 1.78. The van der Waals surface area contributed by atoms with E-state index in [1.54, 1.807) is 0 Å². The van der Waals surface area contributed by atoms with Crippen LogP contribution in [0.1, 0.15) is 26.7 Å². The molecule has 0 aromatic carbocycles. The average molecular weight is 130 g/mol. The van der Waals surface area contributed by atoms with Crippen molar-refractivity contribution < 1.29 is 9.84 Å². The van der Waals surface area contributed by atoms with Crippen LogP contribution in [0.3, 0.4) is 0 Å². The monoisotopic (exact) mass is 130 g/mol. The molecule has 0 unspecified atom stereocenters. The molecule has 0 spiro atoms. The van der Waals surface area contributed by atoms with Gasteiger partial charge in [0.1, 0.15) is 0 Å². The summed E-state index contributed by atoms with van der Waals surface area (Å²) in [6.45, 7) is 4.99. The zero-order chi connectivity index (χ0) is 6.91. The third-order valence-electron chi connectivity index (χ3n) is 1.73. The van der Waals surface area contributed by atoms with Gasteiger partial charge in [-0.15, -0.1) is 0 Å². The highest BCUT2D eigenvalue weighted by Crippen LogP contribution is 2.28. The highest BCUT2D eigenvalue weighted by molar-refractivity contribution is 4.72. The van der Waals surface area contributed by atoms with Crippen LogP contribution in [0, 0.1) is 5.41 Å². The Morgan fingerprint density at radius 2 is 2.22 bits per heavy atom. The molecule has 0 aromatic rings. The maximum absolute atomic E-state index is 8.92. The van der Waals surface area contributed by atoms with E-state index < -0.39 is 6.29 Å². The van der Waals surface area contributed by atoms with Crippen LogP contribution >= 0.6 is 0 Å². The second kappa shape index (κ2) is 2.27. The van der Waals surface area contributed by atoms with Gasteiger partial charge in [-0.3, -0.25) is 0 Å². The normalized spacial score (nSPS) is 34.3. The molecule has 54 valence electrons. The van der Waals surface area contributed by atoms with E-state index in [4.69, 9.17) is 9.84 Å². The van der Waals surface area contributed by atoms with Gasteiger partial charge < -0.3 is 9.84 Å². The van der Waals surface area contributed by atoms with Crippen molar-refractivity contribution in [3.63, 3.8) is 0 Å². The third-order valence-corrected chi connectivity index (χ3v) is 1.73. The van der Waals surface area contributed by atoms with E-state index in [1.807, 2.05) is 0 Å². The second-order valence-electron chi connectivity index (χ2n) is 3.47. The number of ether oxygens (including phenoxy) is 1. The van der Waals surface area contributed by atoms with Gasteiger partial charge in [0.2, 0.25) is 0 Å². The minimum atomic E-state index is -0.502. The van der Waals surface area contributed by atoms with Crippen molar-refractivity contribution in [1.29, 1.82) is 0 Å². The molecule has 0 aromatic heterocycles. The number of hydrogen-bond acceptors (Lipinski definition) is 2. The van der Waals surface area contributed by atoms with Crippen LogP contribution in [0.25, 0.3) is 0 Å². The fourth-order valence-electron chi connectivity index (χ4n) is 0.992.